The van der Waals surface area contributed by atoms with E-state index in [1.807, 2.05) is 24.3 Å². The summed E-state index contributed by atoms with van der Waals surface area (Å²) in [5.41, 5.74) is 8.41. The van der Waals surface area contributed by atoms with Gasteiger partial charge in [-0.05, 0) is 18.2 Å². The fraction of sp³-hybridized carbons (Fsp3) is 0.0714. The van der Waals surface area contributed by atoms with Gasteiger partial charge in [-0.25, -0.2) is 0 Å². The first-order valence-electron chi connectivity index (χ1n) is 5.40. The van der Waals surface area contributed by atoms with Crippen LogP contribution in [0.15, 0.2) is 42.5 Å². The minimum atomic E-state index is -0.0274. The Morgan fingerprint density at radius 3 is 2.76 bits per heavy atom. The monoisotopic (exact) mass is 225 g/mol. The molecule has 1 aliphatic rings. The number of ketones is 1. The van der Waals surface area contributed by atoms with Gasteiger partial charge in [-0.15, -0.1) is 0 Å². The molecular formula is C14H11NO2. The Balaban J connectivity index is 2.22. The minimum Gasteiger partial charge on any atom is -0.488 e. The molecule has 0 unspecified atom stereocenters. The fourth-order valence-corrected chi connectivity index (χ4v) is 2.02. The lowest BCUT2D eigenvalue weighted by molar-refractivity contribution is 0.103. The van der Waals surface area contributed by atoms with Crippen molar-refractivity contribution in [3.05, 3.63) is 59.2 Å². The molecule has 0 atom stereocenters. The normalized spacial score (nSPS) is 13.3. The molecule has 3 nitrogen and oxygen atoms in total. The summed E-state index contributed by atoms with van der Waals surface area (Å²) >= 11 is 0. The third-order valence-corrected chi connectivity index (χ3v) is 2.89. The smallest absolute Gasteiger partial charge is 0.197 e. The van der Waals surface area contributed by atoms with E-state index in [0.29, 0.717) is 29.2 Å². The molecule has 3 rings (SSSR count). The zero-order valence-electron chi connectivity index (χ0n) is 9.14. The summed E-state index contributed by atoms with van der Waals surface area (Å²) in [7, 11) is 0. The highest BCUT2D eigenvalue weighted by Gasteiger charge is 2.21. The van der Waals surface area contributed by atoms with Crippen LogP contribution in [0.2, 0.25) is 0 Å². The van der Waals surface area contributed by atoms with Crippen molar-refractivity contribution in [2.45, 2.75) is 6.61 Å². The van der Waals surface area contributed by atoms with E-state index in [0.717, 1.165) is 5.56 Å². The summed E-state index contributed by atoms with van der Waals surface area (Å²) in [6, 6.07) is 12.6. The molecular weight excluding hydrogens is 214 g/mol. The van der Waals surface area contributed by atoms with Crippen molar-refractivity contribution in [2.75, 3.05) is 5.73 Å². The Morgan fingerprint density at radius 1 is 1.06 bits per heavy atom. The molecule has 17 heavy (non-hydrogen) atoms. The number of nitrogen functional groups attached to an aromatic ring is 1. The molecule has 0 spiro atoms. The molecule has 0 aliphatic carbocycles. The molecule has 0 fully saturated rings. The topological polar surface area (TPSA) is 52.3 Å². The summed E-state index contributed by atoms with van der Waals surface area (Å²) < 4.78 is 5.62. The molecule has 2 aromatic rings. The lowest BCUT2D eigenvalue weighted by Gasteiger charge is -2.06. The maximum absolute atomic E-state index is 12.3. The van der Waals surface area contributed by atoms with Gasteiger partial charge in [0.05, 0.1) is 5.56 Å². The Kier molecular flexibility index (Phi) is 2.11. The van der Waals surface area contributed by atoms with E-state index in [1.54, 1.807) is 18.2 Å². The molecule has 1 aliphatic heterocycles. The molecule has 0 radical (unpaired) electrons. The largest absolute Gasteiger partial charge is 0.488 e. The first-order chi connectivity index (χ1) is 8.25. The van der Waals surface area contributed by atoms with Crippen LogP contribution in [0.1, 0.15) is 21.5 Å². The highest BCUT2D eigenvalue weighted by atomic mass is 16.5. The fourth-order valence-electron chi connectivity index (χ4n) is 2.02. The van der Waals surface area contributed by atoms with Crippen molar-refractivity contribution in [2.24, 2.45) is 0 Å². The molecule has 2 aromatic carbocycles. The second kappa shape index (κ2) is 3.63. The van der Waals surface area contributed by atoms with Crippen molar-refractivity contribution in [3.63, 3.8) is 0 Å². The van der Waals surface area contributed by atoms with E-state index in [-0.39, 0.29) is 5.78 Å². The van der Waals surface area contributed by atoms with Crippen LogP contribution >= 0.6 is 0 Å². The van der Waals surface area contributed by atoms with Gasteiger partial charge >= 0.3 is 0 Å². The highest BCUT2D eigenvalue weighted by Crippen LogP contribution is 2.29. The Labute approximate surface area is 98.8 Å². The van der Waals surface area contributed by atoms with Crippen molar-refractivity contribution >= 4 is 11.5 Å². The molecule has 0 saturated carbocycles. The number of ether oxygens (including phenoxy) is 1. The number of hydrogen-bond acceptors (Lipinski definition) is 3. The van der Waals surface area contributed by atoms with Gasteiger partial charge in [-0.3, -0.25) is 4.79 Å². The van der Waals surface area contributed by atoms with E-state index in [1.165, 1.54) is 0 Å². The number of carbonyl (C=O) groups excluding carboxylic acids is 1. The number of fused-ring (bicyclic) bond motifs is 2. The average molecular weight is 225 g/mol. The van der Waals surface area contributed by atoms with Crippen LogP contribution in [0, 0.1) is 0 Å². The number of hydrogen-bond donors (Lipinski definition) is 1. The molecule has 3 heteroatoms. The lowest BCUT2D eigenvalue weighted by atomic mass is 9.99. The number of carbonyl (C=O) groups is 1. The van der Waals surface area contributed by atoms with E-state index in [4.69, 9.17) is 10.5 Å². The minimum absolute atomic E-state index is 0.0274. The molecule has 84 valence electrons. The number of anilines is 1. The average Bonchev–Trinajstić information content (AvgIpc) is 2.49. The number of benzene rings is 2. The Hall–Kier alpha value is -2.29. The van der Waals surface area contributed by atoms with Gasteiger partial charge in [0.15, 0.2) is 5.78 Å². The first-order valence-corrected chi connectivity index (χ1v) is 5.40. The van der Waals surface area contributed by atoms with Crippen molar-refractivity contribution in [1.29, 1.82) is 0 Å². The van der Waals surface area contributed by atoms with Crippen LogP contribution in [-0.2, 0) is 6.61 Å². The van der Waals surface area contributed by atoms with E-state index in [9.17, 15) is 4.79 Å². The van der Waals surface area contributed by atoms with Crippen molar-refractivity contribution < 1.29 is 9.53 Å². The van der Waals surface area contributed by atoms with Gasteiger partial charge in [0.25, 0.3) is 0 Å². The van der Waals surface area contributed by atoms with E-state index < -0.39 is 0 Å². The molecule has 0 aromatic heterocycles. The first kappa shape index (κ1) is 9.90. The zero-order chi connectivity index (χ0) is 11.8. The van der Waals surface area contributed by atoms with Crippen LogP contribution in [0.3, 0.4) is 0 Å². The van der Waals surface area contributed by atoms with Gasteiger partial charge in [-0.1, -0.05) is 24.3 Å². The maximum Gasteiger partial charge on any atom is 0.197 e. The SMILES string of the molecule is Nc1ccc2c(c1)C(=O)c1ccccc1CO2. The van der Waals surface area contributed by atoms with Gasteiger partial charge in [-0.2, -0.15) is 0 Å². The Morgan fingerprint density at radius 2 is 1.88 bits per heavy atom. The van der Waals surface area contributed by atoms with Crippen LogP contribution in [0.5, 0.6) is 5.75 Å². The van der Waals surface area contributed by atoms with E-state index in [2.05, 4.69) is 0 Å². The molecule has 2 N–H and O–H groups in total. The summed E-state index contributed by atoms with van der Waals surface area (Å²) in [5, 5.41) is 0. The predicted molar refractivity (Wildman–Crippen MR) is 65.1 cm³/mol. The zero-order valence-corrected chi connectivity index (χ0v) is 9.14. The van der Waals surface area contributed by atoms with Crippen LogP contribution in [-0.4, -0.2) is 5.78 Å². The third kappa shape index (κ3) is 1.56. The predicted octanol–water partition coefficient (Wildman–Crippen LogP) is 2.39. The molecule has 0 amide bonds. The second-order valence-corrected chi connectivity index (χ2v) is 4.03. The Bertz CT molecular complexity index is 605. The van der Waals surface area contributed by atoms with Crippen molar-refractivity contribution in [1.82, 2.24) is 0 Å². The summed E-state index contributed by atoms with van der Waals surface area (Å²) in [4.78, 5) is 12.3. The molecule has 0 saturated heterocycles. The van der Waals surface area contributed by atoms with Gasteiger partial charge in [0, 0.05) is 16.8 Å². The number of rotatable bonds is 0. The van der Waals surface area contributed by atoms with Gasteiger partial charge in [0.1, 0.15) is 12.4 Å². The molecule has 1 heterocycles. The van der Waals surface area contributed by atoms with Gasteiger partial charge < -0.3 is 10.5 Å². The van der Waals surface area contributed by atoms with Crippen LogP contribution in [0.4, 0.5) is 5.69 Å². The number of nitrogens with two attached hydrogens (primary N) is 1. The van der Waals surface area contributed by atoms with Crippen LogP contribution in [0.25, 0.3) is 0 Å². The second-order valence-electron chi connectivity index (χ2n) is 4.03. The van der Waals surface area contributed by atoms with Crippen molar-refractivity contribution in [3.8, 4) is 5.75 Å². The summed E-state index contributed by atoms with van der Waals surface area (Å²) in [5.74, 6) is 0.570. The molecule has 0 bridgehead atoms. The summed E-state index contributed by atoms with van der Waals surface area (Å²) in [6.07, 6.45) is 0. The maximum atomic E-state index is 12.3. The third-order valence-electron chi connectivity index (χ3n) is 2.89. The van der Waals surface area contributed by atoms with Gasteiger partial charge in [0.2, 0.25) is 0 Å². The van der Waals surface area contributed by atoms with E-state index >= 15 is 0 Å². The summed E-state index contributed by atoms with van der Waals surface area (Å²) in [6.45, 7) is 0.416. The highest BCUT2D eigenvalue weighted by molar-refractivity contribution is 6.12. The quantitative estimate of drug-likeness (QED) is 0.700. The lowest BCUT2D eigenvalue weighted by Crippen LogP contribution is -2.03. The van der Waals surface area contributed by atoms with Crippen LogP contribution < -0.4 is 10.5 Å². The standard InChI is InChI=1S/C14H11NO2/c15-10-5-6-13-12(7-10)14(16)11-4-2-1-3-9(11)8-17-13/h1-7H,8,15H2.